The highest BCUT2D eigenvalue weighted by molar-refractivity contribution is 7.99. The van der Waals surface area contributed by atoms with Crippen LogP contribution in [-0.2, 0) is 6.54 Å². The molecule has 0 amide bonds. The van der Waals surface area contributed by atoms with Crippen molar-refractivity contribution in [2.75, 3.05) is 0 Å². The predicted molar refractivity (Wildman–Crippen MR) is 119 cm³/mol. The van der Waals surface area contributed by atoms with E-state index in [4.69, 9.17) is 23.8 Å². The minimum Gasteiger partial charge on any atom is -0.298 e. The number of nitrogens with one attached hydrogen (secondary N) is 1. The summed E-state index contributed by atoms with van der Waals surface area (Å²) in [5.74, 6) is 0.903. The van der Waals surface area contributed by atoms with Gasteiger partial charge in [0.1, 0.15) is 5.82 Å². The van der Waals surface area contributed by atoms with E-state index in [0.29, 0.717) is 11.3 Å². The lowest BCUT2D eigenvalue weighted by Crippen LogP contribution is -2.10. The number of thioether (sulfide) groups is 1. The maximum absolute atomic E-state index is 6.03. The molecule has 0 radical (unpaired) electrons. The summed E-state index contributed by atoms with van der Waals surface area (Å²) >= 11 is 13.3. The Hall–Kier alpha value is -2.34. The lowest BCUT2D eigenvalue weighted by molar-refractivity contribution is 0.727. The van der Waals surface area contributed by atoms with Gasteiger partial charge in [-0.25, -0.2) is 0 Å². The standard InChI is InChI=1S/C22H18ClN3S2/c23-18-13-11-16(12-14-18)15-26-21(24-25-22(26)27)20(17-7-3-1-4-8-17)28-19-9-5-2-6-10-19/h1-14,20H,15H2,(H,25,27)/t20-/m1/s1. The number of H-pyrrole nitrogens is 1. The second-order valence-electron chi connectivity index (χ2n) is 6.32. The van der Waals surface area contributed by atoms with Gasteiger partial charge in [-0.05, 0) is 47.6 Å². The molecule has 140 valence electrons. The van der Waals surface area contributed by atoms with Crippen molar-refractivity contribution in [2.24, 2.45) is 0 Å². The molecule has 0 fully saturated rings. The first kappa shape index (κ1) is 19.0. The van der Waals surface area contributed by atoms with Crippen LogP contribution in [0.15, 0.2) is 89.8 Å². The fourth-order valence-corrected chi connectivity index (χ4v) is 4.48. The zero-order valence-corrected chi connectivity index (χ0v) is 17.3. The van der Waals surface area contributed by atoms with Gasteiger partial charge in [-0.3, -0.25) is 9.67 Å². The Balaban J connectivity index is 1.74. The van der Waals surface area contributed by atoms with Crippen molar-refractivity contribution in [3.63, 3.8) is 0 Å². The summed E-state index contributed by atoms with van der Waals surface area (Å²) in [6.45, 7) is 0.639. The Morgan fingerprint density at radius 2 is 1.57 bits per heavy atom. The molecular weight excluding hydrogens is 406 g/mol. The molecule has 0 unspecified atom stereocenters. The Morgan fingerprint density at radius 1 is 0.929 bits per heavy atom. The van der Waals surface area contributed by atoms with Crippen molar-refractivity contribution in [3.05, 3.63) is 112 Å². The van der Waals surface area contributed by atoms with Gasteiger partial charge in [0.15, 0.2) is 4.77 Å². The van der Waals surface area contributed by atoms with Gasteiger partial charge in [-0.15, -0.1) is 11.8 Å². The van der Waals surface area contributed by atoms with Crippen molar-refractivity contribution in [1.29, 1.82) is 0 Å². The molecule has 0 bridgehead atoms. The molecule has 0 aliphatic carbocycles. The van der Waals surface area contributed by atoms with Crippen LogP contribution in [0, 0.1) is 4.77 Å². The lowest BCUT2D eigenvalue weighted by atomic mass is 10.1. The molecule has 28 heavy (non-hydrogen) atoms. The Morgan fingerprint density at radius 3 is 2.25 bits per heavy atom. The Kier molecular flexibility index (Phi) is 5.95. The van der Waals surface area contributed by atoms with Crippen molar-refractivity contribution >= 4 is 35.6 Å². The van der Waals surface area contributed by atoms with Crippen LogP contribution in [0.4, 0.5) is 0 Å². The van der Waals surface area contributed by atoms with E-state index >= 15 is 0 Å². The van der Waals surface area contributed by atoms with Crippen LogP contribution < -0.4 is 0 Å². The maximum atomic E-state index is 6.03. The van der Waals surface area contributed by atoms with E-state index in [1.807, 2.05) is 36.4 Å². The first-order valence-corrected chi connectivity index (χ1v) is 10.5. The van der Waals surface area contributed by atoms with Gasteiger partial charge in [0.05, 0.1) is 11.8 Å². The fourth-order valence-electron chi connectivity index (χ4n) is 2.99. The van der Waals surface area contributed by atoms with Crippen LogP contribution in [0.5, 0.6) is 0 Å². The number of benzene rings is 3. The van der Waals surface area contributed by atoms with Crippen LogP contribution >= 0.6 is 35.6 Å². The van der Waals surface area contributed by atoms with Crippen molar-refractivity contribution in [2.45, 2.75) is 16.7 Å². The predicted octanol–water partition coefficient (Wildman–Crippen LogP) is 6.52. The SMILES string of the molecule is S=c1[nH]nc([C@H](Sc2ccccc2)c2ccccc2)n1Cc1ccc(Cl)cc1. The highest BCUT2D eigenvalue weighted by Gasteiger charge is 2.22. The Labute approximate surface area is 178 Å². The molecule has 4 rings (SSSR count). The normalized spacial score (nSPS) is 12.0. The summed E-state index contributed by atoms with van der Waals surface area (Å²) in [4.78, 5) is 1.18. The molecule has 0 saturated heterocycles. The minimum absolute atomic E-state index is 0.0175. The zero-order valence-electron chi connectivity index (χ0n) is 15.0. The van der Waals surface area contributed by atoms with Crippen LogP contribution in [0.2, 0.25) is 5.02 Å². The number of halogens is 1. The summed E-state index contributed by atoms with van der Waals surface area (Å²) in [6, 6.07) is 28.6. The van der Waals surface area contributed by atoms with Crippen molar-refractivity contribution in [1.82, 2.24) is 14.8 Å². The smallest absolute Gasteiger partial charge is 0.195 e. The van der Waals surface area contributed by atoms with Crippen LogP contribution in [0.3, 0.4) is 0 Å². The van der Waals surface area contributed by atoms with E-state index in [9.17, 15) is 0 Å². The van der Waals surface area contributed by atoms with E-state index in [1.54, 1.807) is 11.8 Å². The first-order valence-electron chi connectivity index (χ1n) is 8.87. The highest BCUT2D eigenvalue weighted by Crippen LogP contribution is 2.39. The average molecular weight is 424 g/mol. The van der Waals surface area contributed by atoms with Gasteiger partial charge in [0, 0.05) is 9.92 Å². The number of rotatable bonds is 6. The van der Waals surface area contributed by atoms with E-state index in [2.05, 4.69) is 63.3 Å². The quantitative estimate of drug-likeness (QED) is 0.283. The second kappa shape index (κ2) is 8.78. The summed E-state index contributed by atoms with van der Waals surface area (Å²) in [5, 5.41) is 8.32. The van der Waals surface area contributed by atoms with E-state index < -0.39 is 0 Å². The van der Waals surface area contributed by atoms with Gasteiger partial charge in [-0.1, -0.05) is 72.3 Å². The van der Waals surface area contributed by atoms with E-state index in [0.717, 1.165) is 16.4 Å². The second-order valence-corrected chi connectivity index (χ2v) is 8.32. The van der Waals surface area contributed by atoms with Gasteiger partial charge in [-0.2, -0.15) is 5.10 Å². The molecule has 1 aromatic heterocycles. The Bertz CT molecular complexity index is 1090. The molecule has 4 aromatic rings. The van der Waals surface area contributed by atoms with Crippen LogP contribution in [0.25, 0.3) is 0 Å². The molecule has 0 aliphatic rings. The lowest BCUT2D eigenvalue weighted by Gasteiger charge is -2.18. The molecule has 1 heterocycles. The molecular formula is C22H18ClN3S2. The summed E-state index contributed by atoms with van der Waals surface area (Å²) in [6.07, 6.45) is 0. The summed E-state index contributed by atoms with van der Waals surface area (Å²) in [5.41, 5.74) is 2.31. The third-order valence-corrected chi connectivity index (χ3v) is 6.20. The number of aromatic nitrogens is 3. The van der Waals surface area contributed by atoms with Gasteiger partial charge >= 0.3 is 0 Å². The van der Waals surface area contributed by atoms with Gasteiger partial charge < -0.3 is 0 Å². The zero-order chi connectivity index (χ0) is 19.3. The minimum atomic E-state index is 0.0175. The van der Waals surface area contributed by atoms with Crippen LogP contribution in [-0.4, -0.2) is 14.8 Å². The number of nitrogens with zero attached hydrogens (tertiary/aromatic N) is 2. The number of hydrogen-bond acceptors (Lipinski definition) is 3. The molecule has 1 atom stereocenters. The molecule has 0 saturated carbocycles. The molecule has 6 heteroatoms. The van der Waals surface area contributed by atoms with Gasteiger partial charge in [0.25, 0.3) is 0 Å². The van der Waals surface area contributed by atoms with Gasteiger partial charge in [0.2, 0.25) is 0 Å². The fraction of sp³-hybridized carbons (Fsp3) is 0.0909. The van der Waals surface area contributed by atoms with Crippen molar-refractivity contribution < 1.29 is 0 Å². The van der Waals surface area contributed by atoms with E-state index in [-0.39, 0.29) is 5.25 Å². The number of aromatic amines is 1. The van der Waals surface area contributed by atoms with Crippen LogP contribution in [0.1, 0.15) is 22.2 Å². The molecule has 3 nitrogen and oxygen atoms in total. The average Bonchev–Trinajstić information content (AvgIpc) is 3.09. The maximum Gasteiger partial charge on any atom is 0.195 e. The third-order valence-electron chi connectivity index (χ3n) is 4.38. The summed E-state index contributed by atoms with van der Waals surface area (Å²) < 4.78 is 2.67. The van der Waals surface area contributed by atoms with E-state index in [1.165, 1.54) is 10.5 Å². The van der Waals surface area contributed by atoms with Crippen molar-refractivity contribution in [3.8, 4) is 0 Å². The molecule has 0 spiro atoms. The largest absolute Gasteiger partial charge is 0.298 e. The monoisotopic (exact) mass is 423 g/mol. The molecule has 0 aliphatic heterocycles. The topological polar surface area (TPSA) is 33.6 Å². The first-order chi connectivity index (χ1) is 13.7. The summed E-state index contributed by atoms with van der Waals surface area (Å²) in [7, 11) is 0. The highest BCUT2D eigenvalue weighted by atomic mass is 35.5. The molecule has 1 N–H and O–H groups in total. The molecule has 3 aromatic carbocycles. The third kappa shape index (κ3) is 4.38. The number of hydrogen-bond donors (Lipinski definition) is 1.